The molecule has 58 heavy (non-hydrogen) atoms. The molecule has 3 aliphatic heterocycles. The van der Waals surface area contributed by atoms with Gasteiger partial charge < -0.3 is 40.2 Å². The molecule has 2 unspecified atom stereocenters. The van der Waals surface area contributed by atoms with Gasteiger partial charge in [0.2, 0.25) is 11.9 Å². The highest BCUT2D eigenvalue weighted by atomic mass is 16.5. The molecule has 1 aromatic carbocycles. The monoisotopic (exact) mass is 786 g/mol. The van der Waals surface area contributed by atoms with Crippen molar-refractivity contribution in [2.45, 2.75) is 70.4 Å². The summed E-state index contributed by atoms with van der Waals surface area (Å²) >= 11 is 0. The van der Waals surface area contributed by atoms with Crippen molar-refractivity contribution in [3.8, 4) is 5.75 Å². The van der Waals surface area contributed by atoms with Gasteiger partial charge in [0.15, 0.2) is 12.4 Å². The number of aromatic nitrogens is 5. The Bertz CT molecular complexity index is 2600. The molecule has 4 aromatic rings. The highest BCUT2D eigenvalue weighted by Crippen LogP contribution is 2.46. The summed E-state index contributed by atoms with van der Waals surface area (Å²) in [4.78, 5) is 51.9. The molecule has 4 N–H and O–H groups in total. The van der Waals surface area contributed by atoms with Crippen LogP contribution in [0.5, 0.6) is 5.75 Å². The van der Waals surface area contributed by atoms with Gasteiger partial charge in [-0.25, -0.2) is 4.98 Å². The van der Waals surface area contributed by atoms with Crippen LogP contribution in [0.4, 0.5) is 17.5 Å². The van der Waals surface area contributed by atoms with Crippen molar-refractivity contribution in [1.29, 1.82) is 0 Å². The number of piperidine rings is 3. The van der Waals surface area contributed by atoms with Crippen molar-refractivity contribution in [1.82, 2.24) is 34.9 Å². The summed E-state index contributed by atoms with van der Waals surface area (Å²) < 4.78 is 8.94. The van der Waals surface area contributed by atoms with Crippen molar-refractivity contribution in [3.05, 3.63) is 73.1 Å². The number of benzene rings is 1. The van der Waals surface area contributed by atoms with Gasteiger partial charge in [-0.1, -0.05) is 6.07 Å². The van der Waals surface area contributed by atoms with Gasteiger partial charge in [-0.3, -0.25) is 19.1 Å². The first-order valence-electron chi connectivity index (χ1n) is 20.5. The van der Waals surface area contributed by atoms with Gasteiger partial charge in [-0.15, -0.1) is 0 Å². The summed E-state index contributed by atoms with van der Waals surface area (Å²) in [7, 11) is 5.16. The van der Waals surface area contributed by atoms with Crippen LogP contribution in [0.15, 0.2) is 34.6 Å². The van der Waals surface area contributed by atoms with E-state index in [1.54, 1.807) is 13.1 Å². The number of likely N-dealkylation sites (N-methyl/N-ethyl adjacent to an activating group) is 1. The van der Waals surface area contributed by atoms with Gasteiger partial charge >= 0.3 is 0 Å². The number of nitrogens with zero attached hydrogens (tertiary/aromatic N) is 7. The van der Waals surface area contributed by atoms with Gasteiger partial charge in [0.1, 0.15) is 17.4 Å². The number of aryl methyl sites for hydroxylation is 2. The normalized spacial score (nSPS) is 20.4. The number of hydrogen-bond donors (Lipinski definition) is 4. The zero-order chi connectivity index (χ0) is 40.2. The predicted molar refractivity (Wildman–Crippen MR) is 220 cm³/mol. The summed E-state index contributed by atoms with van der Waals surface area (Å²) in [6.45, 7) is 5.56. The molecule has 2 bridgehead atoms. The Morgan fingerprint density at radius 1 is 1.00 bits per heavy atom. The zero-order valence-corrected chi connectivity index (χ0v) is 33.5. The van der Waals surface area contributed by atoms with Gasteiger partial charge in [-0.2, -0.15) is 10.1 Å². The number of aliphatic hydroxyl groups is 1. The molecule has 302 valence electrons. The Hall–Kier alpha value is -5.88. The maximum Gasteiger partial charge on any atom is 0.293 e. The Kier molecular flexibility index (Phi) is 9.83. The lowest BCUT2D eigenvalue weighted by Crippen LogP contribution is -2.43. The number of fused-ring (bicyclic) bond motifs is 1. The molecule has 0 radical (unpaired) electrons. The van der Waals surface area contributed by atoms with Crippen molar-refractivity contribution >= 4 is 52.0 Å². The second kappa shape index (κ2) is 15.1. The minimum Gasteiger partial charge on any atom is -0.478 e. The van der Waals surface area contributed by atoms with E-state index < -0.39 is 6.23 Å². The Balaban J connectivity index is 0.815. The lowest BCUT2D eigenvalue weighted by molar-refractivity contribution is -0.128. The van der Waals surface area contributed by atoms with Crippen molar-refractivity contribution in [2.75, 3.05) is 55.0 Å². The molecule has 0 saturated carbocycles. The molecule has 3 aliphatic carbocycles. The van der Waals surface area contributed by atoms with Crippen LogP contribution in [-0.2, 0) is 30.1 Å². The third-order valence-corrected chi connectivity index (χ3v) is 12.7. The number of anilines is 3. The van der Waals surface area contributed by atoms with Crippen LogP contribution in [0.3, 0.4) is 0 Å². The number of nitrogens with one attached hydrogen (secondary N) is 3. The van der Waals surface area contributed by atoms with E-state index in [4.69, 9.17) is 19.8 Å². The number of hydrogen-bond acceptors (Lipinski definition) is 11. The highest BCUT2D eigenvalue weighted by molar-refractivity contribution is 6.03. The Morgan fingerprint density at radius 3 is 2.43 bits per heavy atom. The fraction of sp³-hybridized carbons (Fsp3) is 0.488. The van der Waals surface area contributed by atoms with Crippen LogP contribution in [0.1, 0.15) is 73.2 Å². The van der Waals surface area contributed by atoms with Crippen molar-refractivity contribution in [2.24, 2.45) is 25.9 Å². The Morgan fingerprint density at radius 2 is 1.72 bits per heavy atom. The lowest BCUT2D eigenvalue weighted by atomic mass is 9.81. The molecular weight excluding hydrogens is 737 g/mol. The molecule has 2 atom stereocenters. The maximum atomic E-state index is 12.9. The maximum absolute atomic E-state index is 12.9. The van der Waals surface area contributed by atoms with Crippen molar-refractivity contribution < 1.29 is 19.4 Å². The molecule has 15 nitrogen and oxygen atoms in total. The first kappa shape index (κ1) is 37.7. The van der Waals surface area contributed by atoms with Crippen LogP contribution in [0.2, 0.25) is 0 Å². The topological polar surface area (TPSA) is 172 Å². The molecule has 0 spiro atoms. The number of pyridine rings is 1. The molecule has 2 amide bonds. The number of rotatable bonds is 10. The summed E-state index contributed by atoms with van der Waals surface area (Å²) in [5, 5.41) is 25.9. The third kappa shape index (κ3) is 6.93. The second-order valence-electron chi connectivity index (χ2n) is 16.5. The van der Waals surface area contributed by atoms with Gasteiger partial charge in [-0.05, 0) is 98.4 Å². The quantitative estimate of drug-likeness (QED) is 0.152. The number of amides is 2. The fourth-order valence-corrected chi connectivity index (χ4v) is 9.41. The van der Waals surface area contributed by atoms with Crippen LogP contribution in [0, 0.1) is 18.8 Å². The molecule has 15 heteroatoms. The standard InChI is InChI=1S/C43H50N10O5/c1-24-22-45-43(48-40(24)46-30-5-7-32-27(20-30)21-33(42(57)50(32)3)58-23-35(55)44-2)53-15-11-26(12-16-53)17-25-9-13-52(14-10-25)38-29-18-28(19-29)36-37(49-51(4)39(36)38)31-6-8-34(54)47-41(31)56/h18,20-22,25-26,31,34,54H,6,8-17,19,23H2,1-4H3,(H,44,55)(H,47,56)(H,45,46,48). The minimum atomic E-state index is -0.773. The summed E-state index contributed by atoms with van der Waals surface area (Å²) in [6, 6.07) is 3.92. The molecule has 3 fully saturated rings. The van der Waals surface area contributed by atoms with E-state index in [9.17, 15) is 19.5 Å². The van der Waals surface area contributed by atoms with Crippen LogP contribution < -0.4 is 46.6 Å². The molecule has 3 saturated heterocycles. The molecule has 6 aliphatic rings. The summed E-state index contributed by atoms with van der Waals surface area (Å²) in [5.74, 6) is 2.03. The average molecular weight is 787 g/mol. The number of carbonyl (C=O) groups excluding carboxylic acids is 2. The largest absolute Gasteiger partial charge is 0.478 e. The molecule has 6 heterocycles. The summed E-state index contributed by atoms with van der Waals surface area (Å²) in [6.07, 6.45) is 10.8. The first-order valence-corrected chi connectivity index (χ1v) is 20.5. The van der Waals surface area contributed by atoms with E-state index in [0.29, 0.717) is 52.7 Å². The van der Waals surface area contributed by atoms with Gasteiger partial charge in [0.25, 0.3) is 11.5 Å². The predicted octanol–water partition coefficient (Wildman–Crippen LogP) is 1.56. The van der Waals surface area contributed by atoms with E-state index in [1.807, 2.05) is 30.9 Å². The van der Waals surface area contributed by atoms with E-state index in [0.717, 1.165) is 80.4 Å². The van der Waals surface area contributed by atoms with E-state index in [2.05, 4.69) is 43.3 Å². The van der Waals surface area contributed by atoms with E-state index in [-0.39, 0.29) is 35.6 Å². The van der Waals surface area contributed by atoms with Crippen LogP contribution in [-0.4, -0.2) is 87.3 Å². The highest BCUT2D eigenvalue weighted by Gasteiger charge is 2.37. The lowest BCUT2D eigenvalue weighted by Gasteiger charge is -2.39. The zero-order valence-electron chi connectivity index (χ0n) is 33.5. The second-order valence-corrected chi connectivity index (χ2v) is 16.5. The Labute approximate surface area is 335 Å². The van der Waals surface area contributed by atoms with Gasteiger partial charge in [0.05, 0.1) is 28.5 Å². The van der Waals surface area contributed by atoms with E-state index >= 15 is 0 Å². The van der Waals surface area contributed by atoms with Crippen molar-refractivity contribution in [3.63, 3.8) is 0 Å². The van der Waals surface area contributed by atoms with Gasteiger partial charge in [0, 0.05) is 76.1 Å². The average Bonchev–Trinajstić information content (AvgIpc) is 3.56. The summed E-state index contributed by atoms with van der Waals surface area (Å²) in [5.41, 5.74) is 13.3. The fourth-order valence-electron chi connectivity index (χ4n) is 9.41. The molecule has 10 rings (SSSR count). The number of carbonyl (C=O) groups is 2. The van der Waals surface area contributed by atoms with Crippen LogP contribution in [0.25, 0.3) is 22.7 Å². The number of allylic oxidation sites excluding steroid dienone is 1. The molecular formula is C43H50N10O5. The van der Waals surface area contributed by atoms with E-state index in [1.165, 1.54) is 34.8 Å². The molecule has 3 aromatic heterocycles. The number of ether oxygens (including phenoxy) is 1. The number of aliphatic hydroxyl groups excluding tert-OH is 1. The first-order chi connectivity index (χ1) is 28.0. The van der Waals surface area contributed by atoms with Crippen LogP contribution >= 0.6 is 0 Å². The third-order valence-electron chi connectivity index (χ3n) is 12.7. The minimum absolute atomic E-state index is 0.0830. The smallest absolute Gasteiger partial charge is 0.293 e. The SMILES string of the molecule is CNC(=O)COc1cc2c(n(C)c1=O)=C=C=C(Nc1nc(N3CCC(CC4CCN(c5c6cc(c7c(C8CCC(O)NC8=O)nn(C)c57)C6)CC4)CC3)ncc1C)C=2.